The van der Waals surface area contributed by atoms with Gasteiger partial charge in [-0.15, -0.1) is 0 Å². The minimum atomic E-state index is -0.982. The van der Waals surface area contributed by atoms with Gasteiger partial charge < -0.3 is 5.11 Å². The number of benzene rings is 2. The highest BCUT2D eigenvalue weighted by atomic mass is 35.5. The average molecular weight is 346 g/mol. The molecule has 1 atom stereocenters. The van der Waals surface area contributed by atoms with Crippen LogP contribution in [-0.2, 0) is 5.72 Å². The van der Waals surface area contributed by atoms with Crippen LogP contribution in [0.2, 0.25) is 5.02 Å². The summed E-state index contributed by atoms with van der Waals surface area (Å²) < 4.78 is 2.14. The summed E-state index contributed by atoms with van der Waals surface area (Å²) >= 11 is 7.83. The Morgan fingerprint density at radius 3 is 2.57 bits per heavy atom. The Morgan fingerprint density at radius 2 is 1.83 bits per heavy atom. The van der Waals surface area contributed by atoms with Gasteiger partial charge >= 0.3 is 5.17 Å². The first-order chi connectivity index (χ1) is 11.2. The van der Waals surface area contributed by atoms with E-state index in [4.69, 9.17) is 11.6 Å². The van der Waals surface area contributed by atoms with Crippen molar-refractivity contribution in [2.24, 2.45) is 0 Å². The second-order valence-electron chi connectivity index (χ2n) is 5.88. The third-order valence-corrected chi connectivity index (χ3v) is 5.86. The molecule has 0 aromatic heterocycles. The van der Waals surface area contributed by atoms with Crippen LogP contribution >= 0.6 is 23.4 Å². The number of hydrogen-bond acceptors (Lipinski definition) is 3. The van der Waals surface area contributed by atoms with Crippen LogP contribution in [0.3, 0.4) is 0 Å². The zero-order chi connectivity index (χ0) is 15.9. The second-order valence-corrected chi connectivity index (χ2v) is 7.38. The van der Waals surface area contributed by atoms with Gasteiger partial charge in [0.1, 0.15) is 5.69 Å². The quantitative estimate of drug-likeness (QED) is 0.844. The molecule has 0 radical (unpaired) electrons. The van der Waals surface area contributed by atoms with E-state index in [0.29, 0.717) is 6.54 Å². The van der Waals surface area contributed by atoms with Gasteiger partial charge in [0, 0.05) is 16.3 Å². The van der Waals surface area contributed by atoms with Crippen molar-refractivity contribution in [3.8, 4) is 0 Å². The third-order valence-electron chi connectivity index (χ3n) is 4.42. The normalized spacial score (nSPS) is 24.0. The van der Waals surface area contributed by atoms with Crippen molar-refractivity contribution in [3.05, 3.63) is 65.2 Å². The molecule has 4 rings (SSSR count). The summed E-state index contributed by atoms with van der Waals surface area (Å²) in [5.41, 5.74) is 1.02. The number of aliphatic hydroxyl groups is 1. The number of hydrogen-bond donors (Lipinski definition) is 1. The largest absolute Gasteiger partial charge is 0.346 e. The molecule has 2 aliphatic heterocycles. The Bertz CT molecular complexity index is 747. The highest BCUT2D eigenvalue weighted by Crippen LogP contribution is 2.37. The first-order valence-corrected chi connectivity index (χ1v) is 9.13. The fourth-order valence-corrected chi connectivity index (χ4v) is 4.58. The molecule has 0 amide bonds. The summed E-state index contributed by atoms with van der Waals surface area (Å²) in [5.74, 6) is 1.08. The molecule has 1 N–H and O–H groups in total. The molecular weight excluding hydrogens is 328 g/mol. The van der Waals surface area contributed by atoms with Crippen molar-refractivity contribution in [2.45, 2.75) is 12.1 Å². The van der Waals surface area contributed by atoms with Crippen molar-refractivity contribution in [2.75, 3.05) is 23.7 Å². The molecule has 3 nitrogen and oxygen atoms in total. The Balaban J connectivity index is 1.79. The maximum atomic E-state index is 11.5. The summed E-state index contributed by atoms with van der Waals surface area (Å²) in [6.07, 6.45) is 1.08. The monoisotopic (exact) mass is 345 g/mol. The van der Waals surface area contributed by atoms with Crippen molar-refractivity contribution in [1.82, 2.24) is 0 Å². The summed E-state index contributed by atoms with van der Waals surface area (Å²) in [6.45, 7) is 1.40. The minimum Gasteiger partial charge on any atom is -0.346 e. The van der Waals surface area contributed by atoms with Crippen molar-refractivity contribution in [3.63, 3.8) is 0 Å². The lowest BCUT2D eigenvalue weighted by Crippen LogP contribution is -2.41. The molecule has 0 saturated carbocycles. The van der Waals surface area contributed by atoms with Crippen molar-refractivity contribution >= 4 is 34.2 Å². The van der Waals surface area contributed by atoms with Crippen LogP contribution in [0, 0.1) is 0 Å². The van der Waals surface area contributed by atoms with Gasteiger partial charge in [-0.2, -0.15) is 0 Å². The number of nitrogens with zero attached hydrogens (tertiary/aromatic N) is 2. The SMILES string of the molecule is O[C@@]1(c2ccccc2)CN(c2ccc(Cl)cc2)C2=[N+]1CCCS2. The van der Waals surface area contributed by atoms with E-state index in [9.17, 15) is 5.11 Å². The van der Waals surface area contributed by atoms with Gasteiger partial charge in [-0.1, -0.05) is 41.9 Å². The van der Waals surface area contributed by atoms with Gasteiger partial charge in [-0.25, -0.2) is 9.48 Å². The van der Waals surface area contributed by atoms with Crippen LogP contribution in [0.1, 0.15) is 12.0 Å². The van der Waals surface area contributed by atoms with E-state index in [2.05, 4.69) is 9.48 Å². The van der Waals surface area contributed by atoms with Crippen molar-refractivity contribution < 1.29 is 9.68 Å². The maximum Gasteiger partial charge on any atom is 0.316 e. The molecule has 0 spiro atoms. The number of halogens is 1. The third kappa shape index (κ3) is 2.55. The van der Waals surface area contributed by atoms with E-state index in [1.807, 2.05) is 66.4 Å². The van der Waals surface area contributed by atoms with E-state index >= 15 is 0 Å². The lowest BCUT2D eigenvalue weighted by atomic mass is 10.0. The van der Waals surface area contributed by atoms with Gasteiger partial charge in [-0.3, -0.25) is 0 Å². The summed E-state index contributed by atoms with van der Waals surface area (Å²) in [4.78, 5) is 2.20. The van der Waals surface area contributed by atoms with E-state index in [-0.39, 0.29) is 0 Å². The van der Waals surface area contributed by atoms with Crippen LogP contribution < -0.4 is 4.90 Å². The standard InChI is InChI=1S/C18H18ClN2OS/c19-15-7-9-16(10-8-15)20-13-18(22,14-5-2-1-3-6-14)21-11-4-12-23-17(20)21/h1-3,5-10,22H,4,11-13H2/q+1/t18-/m1/s1. The molecule has 5 heteroatoms. The Labute approximate surface area is 145 Å². The van der Waals surface area contributed by atoms with E-state index in [1.165, 1.54) is 0 Å². The predicted octanol–water partition coefficient (Wildman–Crippen LogP) is 3.51. The smallest absolute Gasteiger partial charge is 0.316 e. The topological polar surface area (TPSA) is 26.5 Å². The molecule has 0 bridgehead atoms. The van der Waals surface area contributed by atoms with Gasteiger partial charge in [0.2, 0.25) is 0 Å². The molecule has 0 saturated heterocycles. The lowest BCUT2D eigenvalue weighted by Gasteiger charge is -2.24. The molecule has 0 aliphatic carbocycles. The summed E-state index contributed by atoms with van der Waals surface area (Å²) in [6, 6.07) is 17.8. The first kappa shape index (κ1) is 15.1. The van der Waals surface area contributed by atoms with Crippen LogP contribution in [-0.4, -0.2) is 33.7 Å². The Hall–Kier alpha value is -1.49. The number of β-amino-alcohol motifs (C(OH)–C–C–N with tert-alkyl or cyclic N) is 1. The molecule has 118 valence electrons. The Morgan fingerprint density at radius 1 is 1.09 bits per heavy atom. The van der Waals surface area contributed by atoms with Gasteiger partial charge in [0.25, 0.3) is 5.72 Å². The highest BCUT2D eigenvalue weighted by molar-refractivity contribution is 8.13. The van der Waals surface area contributed by atoms with E-state index in [1.54, 1.807) is 0 Å². The Kier molecular flexibility index (Phi) is 3.84. The van der Waals surface area contributed by atoms with Crippen LogP contribution in [0.15, 0.2) is 54.6 Å². The lowest BCUT2D eigenvalue weighted by molar-refractivity contribution is -0.656. The van der Waals surface area contributed by atoms with Gasteiger partial charge in [-0.05, 0) is 42.4 Å². The summed E-state index contributed by atoms with van der Waals surface area (Å²) in [7, 11) is 0. The molecule has 2 aromatic carbocycles. The van der Waals surface area contributed by atoms with Crippen LogP contribution in [0.4, 0.5) is 5.69 Å². The molecular formula is C18H18ClN2OS+. The van der Waals surface area contributed by atoms with Crippen LogP contribution in [0.5, 0.6) is 0 Å². The zero-order valence-electron chi connectivity index (χ0n) is 12.7. The average Bonchev–Trinajstić information content (AvgIpc) is 2.91. The number of thioether (sulfide) groups is 1. The zero-order valence-corrected chi connectivity index (χ0v) is 14.2. The fourth-order valence-electron chi connectivity index (χ4n) is 3.27. The van der Waals surface area contributed by atoms with Crippen molar-refractivity contribution in [1.29, 1.82) is 0 Å². The molecule has 2 aliphatic rings. The number of rotatable bonds is 2. The first-order valence-electron chi connectivity index (χ1n) is 7.77. The van der Waals surface area contributed by atoms with E-state index in [0.717, 1.165) is 40.2 Å². The second kappa shape index (κ2) is 5.86. The van der Waals surface area contributed by atoms with E-state index < -0.39 is 5.72 Å². The summed E-state index contributed by atoms with van der Waals surface area (Å²) in [5, 5.41) is 13.3. The van der Waals surface area contributed by atoms with Crippen LogP contribution in [0.25, 0.3) is 0 Å². The molecule has 2 heterocycles. The minimum absolute atomic E-state index is 0.529. The molecule has 23 heavy (non-hydrogen) atoms. The highest BCUT2D eigenvalue weighted by Gasteiger charge is 2.53. The number of anilines is 1. The molecule has 0 unspecified atom stereocenters. The van der Waals surface area contributed by atoms with Gasteiger partial charge in [0.15, 0.2) is 6.54 Å². The fraction of sp³-hybridized carbons (Fsp3) is 0.278. The molecule has 2 aromatic rings. The maximum absolute atomic E-state index is 11.5. The van der Waals surface area contributed by atoms with Gasteiger partial charge in [0.05, 0.1) is 6.54 Å². The molecule has 0 fully saturated rings. The number of amidine groups is 1. The predicted molar refractivity (Wildman–Crippen MR) is 96.3 cm³/mol.